The van der Waals surface area contributed by atoms with Gasteiger partial charge in [-0.1, -0.05) is 6.07 Å². The fraction of sp³-hybridized carbons (Fsp3) is 0.318. The molecule has 1 saturated heterocycles. The van der Waals surface area contributed by atoms with Gasteiger partial charge in [0.1, 0.15) is 17.5 Å². The highest BCUT2D eigenvalue weighted by Gasteiger charge is 2.29. The third kappa shape index (κ3) is 5.77. The number of anilines is 1. The van der Waals surface area contributed by atoms with Crippen molar-refractivity contribution in [2.24, 2.45) is 0 Å². The Labute approximate surface area is 183 Å². The van der Waals surface area contributed by atoms with Gasteiger partial charge in [0, 0.05) is 44.4 Å². The van der Waals surface area contributed by atoms with Crippen LogP contribution in [0.1, 0.15) is 24.9 Å². The van der Waals surface area contributed by atoms with Gasteiger partial charge >= 0.3 is 6.03 Å². The Morgan fingerprint density at radius 2 is 1.47 bits per heavy atom. The summed E-state index contributed by atoms with van der Waals surface area (Å²) < 4.78 is 41.4. The maximum absolute atomic E-state index is 14.2. The molecule has 0 bridgehead atoms. The molecule has 0 aromatic heterocycles. The van der Waals surface area contributed by atoms with Crippen LogP contribution in [-0.4, -0.2) is 53.8 Å². The van der Waals surface area contributed by atoms with Gasteiger partial charge in [-0.25, -0.2) is 18.0 Å². The maximum atomic E-state index is 14.2. The molecule has 1 aliphatic heterocycles. The number of nitrogens with zero attached hydrogens (tertiary/aromatic N) is 2. The number of hydrogen-bond donors (Lipinski definition) is 2. The lowest BCUT2D eigenvalue weighted by atomic mass is 10.0. The van der Waals surface area contributed by atoms with Gasteiger partial charge in [-0.3, -0.25) is 9.59 Å². The minimum atomic E-state index is -1.15. The number of amides is 4. The van der Waals surface area contributed by atoms with Crippen molar-refractivity contribution in [1.29, 1.82) is 0 Å². The SMILES string of the molecule is CC(=O)NC(CC(=O)N1CCN(C(=O)Nc2ccc(F)cc2)CC1)c1c(F)cccc1F. The smallest absolute Gasteiger partial charge is 0.321 e. The van der Waals surface area contributed by atoms with Gasteiger partial charge in [0.05, 0.1) is 12.5 Å². The van der Waals surface area contributed by atoms with Gasteiger partial charge in [0.2, 0.25) is 11.8 Å². The summed E-state index contributed by atoms with van der Waals surface area (Å²) in [7, 11) is 0. The van der Waals surface area contributed by atoms with E-state index >= 15 is 0 Å². The number of benzene rings is 2. The third-order valence-corrected chi connectivity index (χ3v) is 5.12. The number of urea groups is 1. The van der Waals surface area contributed by atoms with Crippen LogP contribution in [0, 0.1) is 17.5 Å². The molecule has 1 heterocycles. The predicted molar refractivity (Wildman–Crippen MR) is 111 cm³/mol. The zero-order chi connectivity index (χ0) is 23.3. The zero-order valence-electron chi connectivity index (χ0n) is 17.4. The molecule has 2 aromatic carbocycles. The summed E-state index contributed by atoms with van der Waals surface area (Å²) in [6.07, 6.45) is -0.320. The lowest BCUT2D eigenvalue weighted by Crippen LogP contribution is -2.52. The van der Waals surface area contributed by atoms with Crippen LogP contribution >= 0.6 is 0 Å². The van der Waals surface area contributed by atoms with Gasteiger partial charge in [-0.2, -0.15) is 0 Å². The lowest BCUT2D eigenvalue weighted by Gasteiger charge is -2.35. The van der Waals surface area contributed by atoms with Gasteiger partial charge in [-0.15, -0.1) is 0 Å². The van der Waals surface area contributed by atoms with E-state index in [2.05, 4.69) is 10.6 Å². The highest BCUT2D eigenvalue weighted by molar-refractivity contribution is 5.89. The molecule has 10 heteroatoms. The van der Waals surface area contributed by atoms with E-state index in [1.165, 1.54) is 47.1 Å². The lowest BCUT2D eigenvalue weighted by molar-refractivity contribution is -0.133. The first-order valence-corrected chi connectivity index (χ1v) is 10.0. The van der Waals surface area contributed by atoms with Crippen molar-refractivity contribution in [1.82, 2.24) is 15.1 Å². The first-order valence-electron chi connectivity index (χ1n) is 10.0. The van der Waals surface area contributed by atoms with Crippen molar-refractivity contribution < 1.29 is 27.6 Å². The molecule has 0 saturated carbocycles. The monoisotopic (exact) mass is 448 g/mol. The molecule has 32 heavy (non-hydrogen) atoms. The number of piperazine rings is 1. The molecule has 7 nitrogen and oxygen atoms in total. The summed E-state index contributed by atoms with van der Waals surface area (Å²) in [5.74, 6) is -3.03. The largest absolute Gasteiger partial charge is 0.349 e. The van der Waals surface area contributed by atoms with Crippen molar-refractivity contribution >= 4 is 23.5 Å². The van der Waals surface area contributed by atoms with Crippen LogP contribution in [0.25, 0.3) is 0 Å². The average Bonchev–Trinajstić information content (AvgIpc) is 2.75. The Bertz CT molecular complexity index is 972. The van der Waals surface area contributed by atoms with Crippen molar-refractivity contribution in [2.75, 3.05) is 31.5 Å². The third-order valence-electron chi connectivity index (χ3n) is 5.12. The van der Waals surface area contributed by atoms with Crippen LogP contribution in [0.5, 0.6) is 0 Å². The summed E-state index contributed by atoms with van der Waals surface area (Å²) >= 11 is 0. The predicted octanol–water partition coefficient (Wildman–Crippen LogP) is 3.05. The molecule has 0 aliphatic carbocycles. The standard InChI is InChI=1S/C22H23F3N4O3/c1-14(30)26-19(21-17(24)3-2-4-18(21)25)13-20(31)28-9-11-29(12-10-28)22(32)27-16-7-5-15(23)6-8-16/h2-8,19H,9-13H2,1H3,(H,26,30)(H,27,32). The van der Waals surface area contributed by atoms with E-state index in [-0.39, 0.29) is 44.2 Å². The van der Waals surface area contributed by atoms with E-state index < -0.39 is 35.3 Å². The summed E-state index contributed by atoms with van der Waals surface area (Å²) in [6.45, 7) is 2.15. The minimum Gasteiger partial charge on any atom is -0.349 e. The molecule has 2 aromatic rings. The molecule has 4 amide bonds. The molecule has 3 rings (SSSR count). The van der Waals surface area contributed by atoms with Crippen LogP contribution in [0.15, 0.2) is 42.5 Å². The molecule has 1 aliphatic rings. The first-order chi connectivity index (χ1) is 15.2. The second kappa shape index (κ2) is 10.2. The number of nitrogens with one attached hydrogen (secondary N) is 2. The molecular weight excluding hydrogens is 425 g/mol. The number of carbonyl (C=O) groups is 3. The molecule has 1 unspecified atom stereocenters. The Morgan fingerprint density at radius 3 is 2.03 bits per heavy atom. The number of hydrogen-bond acceptors (Lipinski definition) is 3. The average molecular weight is 448 g/mol. The highest BCUT2D eigenvalue weighted by Crippen LogP contribution is 2.24. The highest BCUT2D eigenvalue weighted by atomic mass is 19.1. The summed E-state index contributed by atoms with van der Waals surface area (Å²) in [6, 6.07) is 7.15. The number of rotatable bonds is 5. The van der Waals surface area contributed by atoms with Crippen molar-refractivity contribution in [3.05, 3.63) is 65.5 Å². The van der Waals surface area contributed by atoms with Crippen molar-refractivity contribution in [2.45, 2.75) is 19.4 Å². The zero-order valence-corrected chi connectivity index (χ0v) is 17.4. The summed E-state index contributed by atoms with van der Waals surface area (Å²) in [5, 5.41) is 5.10. The molecule has 1 fully saturated rings. The fourth-order valence-electron chi connectivity index (χ4n) is 3.51. The normalized spacial score (nSPS) is 14.6. The van der Waals surface area contributed by atoms with E-state index in [1.54, 1.807) is 0 Å². The maximum Gasteiger partial charge on any atom is 0.321 e. The second-order valence-corrected chi connectivity index (χ2v) is 7.40. The number of halogens is 3. The van der Waals surface area contributed by atoms with Gasteiger partial charge in [-0.05, 0) is 36.4 Å². The van der Waals surface area contributed by atoms with E-state index in [9.17, 15) is 27.6 Å². The van der Waals surface area contributed by atoms with Crippen LogP contribution < -0.4 is 10.6 Å². The van der Waals surface area contributed by atoms with Crippen molar-refractivity contribution in [3.63, 3.8) is 0 Å². The topological polar surface area (TPSA) is 81.8 Å². The van der Waals surface area contributed by atoms with Crippen molar-refractivity contribution in [3.8, 4) is 0 Å². The molecule has 1 atom stereocenters. The van der Waals surface area contributed by atoms with E-state index in [0.717, 1.165) is 12.1 Å². The molecule has 0 spiro atoms. The minimum absolute atomic E-state index is 0.224. The molecule has 2 N–H and O–H groups in total. The second-order valence-electron chi connectivity index (χ2n) is 7.40. The summed E-state index contributed by atoms with van der Waals surface area (Å²) in [5.41, 5.74) is 0.0772. The van der Waals surface area contributed by atoms with Crippen LogP contribution in [-0.2, 0) is 9.59 Å². The Morgan fingerprint density at radius 1 is 0.906 bits per heavy atom. The molecule has 170 valence electrons. The fourth-order valence-corrected chi connectivity index (χ4v) is 3.51. The van der Waals surface area contributed by atoms with Gasteiger partial charge in [0.15, 0.2) is 0 Å². The van der Waals surface area contributed by atoms with E-state index in [0.29, 0.717) is 5.69 Å². The van der Waals surface area contributed by atoms with Crippen LogP contribution in [0.3, 0.4) is 0 Å². The molecular formula is C22H23F3N4O3. The van der Waals surface area contributed by atoms with Gasteiger partial charge in [0.25, 0.3) is 0 Å². The summed E-state index contributed by atoms with van der Waals surface area (Å²) in [4.78, 5) is 39.7. The Kier molecular flexibility index (Phi) is 7.34. The van der Waals surface area contributed by atoms with E-state index in [4.69, 9.17) is 0 Å². The number of carbonyl (C=O) groups excluding carboxylic acids is 3. The van der Waals surface area contributed by atoms with Crippen LogP contribution in [0.4, 0.5) is 23.7 Å². The Balaban J connectivity index is 1.59. The molecule has 0 radical (unpaired) electrons. The van der Waals surface area contributed by atoms with Crippen LogP contribution in [0.2, 0.25) is 0 Å². The quantitative estimate of drug-likeness (QED) is 0.738. The Hall–Kier alpha value is -3.56. The van der Waals surface area contributed by atoms with Gasteiger partial charge < -0.3 is 20.4 Å². The first kappa shape index (κ1) is 23.1. The van der Waals surface area contributed by atoms with E-state index in [1.807, 2.05) is 0 Å².